The SMILES string of the molecule is CCCCCOCc1cc(=O)cc(COCCCCC)o1. The minimum atomic E-state index is -0.0550. The first kappa shape index (κ1) is 17.9. The van der Waals surface area contributed by atoms with Crippen LogP contribution in [0.25, 0.3) is 0 Å². The molecule has 120 valence electrons. The van der Waals surface area contributed by atoms with Gasteiger partial charge in [-0.05, 0) is 12.8 Å². The number of ether oxygens (including phenoxy) is 2. The van der Waals surface area contributed by atoms with Gasteiger partial charge < -0.3 is 13.9 Å². The van der Waals surface area contributed by atoms with Crippen LogP contribution in [0.3, 0.4) is 0 Å². The molecule has 0 aliphatic carbocycles. The molecule has 1 rings (SSSR count). The summed E-state index contributed by atoms with van der Waals surface area (Å²) in [5.41, 5.74) is -0.0550. The van der Waals surface area contributed by atoms with Crippen LogP contribution in [0.15, 0.2) is 21.3 Å². The summed E-state index contributed by atoms with van der Waals surface area (Å²) in [5, 5.41) is 0. The molecule has 0 spiro atoms. The van der Waals surface area contributed by atoms with E-state index in [4.69, 9.17) is 13.9 Å². The molecular weight excluding hydrogens is 268 g/mol. The van der Waals surface area contributed by atoms with Crippen LogP contribution in [0, 0.1) is 0 Å². The number of hydrogen-bond acceptors (Lipinski definition) is 4. The Morgan fingerprint density at radius 3 is 1.76 bits per heavy atom. The lowest BCUT2D eigenvalue weighted by atomic mass is 10.3. The summed E-state index contributed by atoms with van der Waals surface area (Å²) in [6, 6.07) is 2.97. The molecule has 1 heterocycles. The van der Waals surface area contributed by atoms with Crippen molar-refractivity contribution < 1.29 is 13.9 Å². The second-order valence-electron chi connectivity index (χ2n) is 5.25. The third-order valence-corrected chi connectivity index (χ3v) is 3.14. The molecular formula is C17H28O4. The maximum absolute atomic E-state index is 11.6. The molecule has 0 atom stereocenters. The Kier molecular flexibility index (Phi) is 9.83. The van der Waals surface area contributed by atoms with Crippen LogP contribution in [-0.4, -0.2) is 13.2 Å². The second kappa shape index (κ2) is 11.5. The standard InChI is InChI=1S/C17H28O4/c1-3-5-7-9-19-13-16-11-15(18)12-17(21-16)14-20-10-8-6-4-2/h11-12H,3-10,13-14H2,1-2H3. The van der Waals surface area contributed by atoms with Gasteiger partial charge in [0.1, 0.15) is 24.7 Å². The normalized spacial score (nSPS) is 11.0. The minimum absolute atomic E-state index is 0.0550. The van der Waals surface area contributed by atoms with Gasteiger partial charge in [-0.3, -0.25) is 4.79 Å². The summed E-state index contributed by atoms with van der Waals surface area (Å²) in [5.74, 6) is 1.15. The highest BCUT2D eigenvalue weighted by Gasteiger charge is 2.03. The Morgan fingerprint density at radius 2 is 1.33 bits per heavy atom. The van der Waals surface area contributed by atoms with Crippen LogP contribution < -0.4 is 5.43 Å². The van der Waals surface area contributed by atoms with E-state index in [0.717, 1.165) is 25.7 Å². The predicted molar refractivity (Wildman–Crippen MR) is 83.3 cm³/mol. The molecule has 4 heteroatoms. The van der Waals surface area contributed by atoms with Crippen molar-refractivity contribution in [1.82, 2.24) is 0 Å². The molecule has 0 fully saturated rings. The first-order chi connectivity index (χ1) is 10.3. The van der Waals surface area contributed by atoms with E-state index in [9.17, 15) is 4.79 Å². The third-order valence-electron chi connectivity index (χ3n) is 3.14. The van der Waals surface area contributed by atoms with Gasteiger partial charge >= 0.3 is 0 Å². The zero-order valence-corrected chi connectivity index (χ0v) is 13.4. The van der Waals surface area contributed by atoms with E-state index in [-0.39, 0.29) is 5.43 Å². The van der Waals surface area contributed by atoms with Gasteiger partial charge in [-0.15, -0.1) is 0 Å². The zero-order valence-electron chi connectivity index (χ0n) is 13.4. The van der Waals surface area contributed by atoms with Gasteiger partial charge in [-0.25, -0.2) is 0 Å². The molecule has 0 saturated heterocycles. The van der Waals surface area contributed by atoms with Gasteiger partial charge in [0, 0.05) is 25.3 Å². The fraction of sp³-hybridized carbons (Fsp3) is 0.706. The lowest BCUT2D eigenvalue weighted by Gasteiger charge is -2.06. The maximum atomic E-state index is 11.6. The number of unbranched alkanes of at least 4 members (excludes halogenated alkanes) is 4. The molecule has 0 bridgehead atoms. The third kappa shape index (κ3) is 8.68. The first-order valence-corrected chi connectivity index (χ1v) is 8.04. The van der Waals surface area contributed by atoms with Crippen LogP contribution in [0.4, 0.5) is 0 Å². The van der Waals surface area contributed by atoms with Crippen LogP contribution >= 0.6 is 0 Å². The number of hydrogen-bond donors (Lipinski definition) is 0. The molecule has 0 aromatic carbocycles. The number of rotatable bonds is 12. The van der Waals surface area contributed by atoms with Crippen molar-refractivity contribution in [3.8, 4) is 0 Å². The first-order valence-electron chi connectivity index (χ1n) is 8.04. The van der Waals surface area contributed by atoms with Gasteiger partial charge in [0.25, 0.3) is 0 Å². The average molecular weight is 296 g/mol. The van der Waals surface area contributed by atoms with E-state index < -0.39 is 0 Å². The summed E-state index contributed by atoms with van der Waals surface area (Å²) in [4.78, 5) is 11.6. The highest BCUT2D eigenvalue weighted by molar-refractivity contribution is 5.05. The monoisotopic (exact) mass is 296 g/mol. The van der Waals surface area contributed by atoms with Crippen molar-refractivity contribution in [3.63, 3.8) is 0 Å². The minimum Gasteiger partial charge on any atom is -0.461 e. The van der Waals surface area contributed by atoms with Crippen molar-refractivity contribution >= 4 is 0 Å². The molecule has 21 heavy (non-hydrogen) atoms. The smallest absolute Gasteiger partial charge is 0.185 e. The van der Waals surface area contributed by atoms with E-state index in [1.807, 2.05) is 0 Å². The van der Waals surface area contributed by atoms with Gasteiger partial charge in [-0.2, -0.15) is 0 Å². The van der Waals surface area contributed by atoms with E-state index in [1.165, 1.54) is 25.0 Å². The van der Waals surface area contributed by atoms with Crippen LogP contribution in [0.2, 0.25) is 0 Å². The largest absolute Gasteiger partial charge is 0.461 e. The molecule has 0 radical (unpaired) electrons. The lowest BCUT2D eigenvalue weighted by molar-refractivity contribution is 0.0832. The molecule has 0 aliphatic rings. The molecule has 0 unspecified atom stereocenters. The molecule has 1 aromatic rings. The fourth-order valence-corrected chi connectivity index (χ4v) is 1.98. The van der Waals surface area contributed by atoms with Crippen LogP contribution in [0.1, 0.15) is 63.9 Å². The zero-order chi connectivity index (χ0) is 15.3. The van der Waals surface area contributed by atoms with Crippen LogP contribution in [-0.2, 0) is 22.7 Å². The Hall–Kier alpha value is -1.13. The van der Waals surface area contributed by atoms with Gasteiger partial charge in [-0.1, -0.05) is 39.5 Å². The lowest BCUT2D eigenvalue weighted by Crippen LogP contribution is -2.06. The van der Waals surface area contributed by atoms with Gasteiger partial charge in [0.05, 0.1) is 0 Å². The molecule has 0 N–H and O–H groups in total. The molecule has 4 nitrogen and oxygen atoms in total. The van der Waals surface area contributed by atoms with E-state index in [1.54, 1.807) is 0 Å². The highest BCUT2D eigenvalue weighted by atomic mass is 16.5. The van der Waals surface area contributed by atoms with E-state index in [0.29, 0.717) is 37.9 Å². The van der Waals surface area contributed by atoms with E-state index in [2.05, 4.69) is 13.8 Å². The second-order valence-corrected chi connectivity index (χ2v) is 5.25. The van der Waals surface area contributed by atoms with Crippen molar-refractivity contribution in [1.29, 1.82) is 0 Å². The van der Waals surface area contributed by atoms with Crippen molar-refractivity contribution in [2.24, 2.45) is 0 Å². The summed E-state index contributed by atoms with van der Waals surface area (Å²) in [6.07, 6.45) is 6.75. The Balaban J connectivity index is 2.34. The molecule has 0 aliphatic heterocycles. The Morgan fingerprint density at radius 1 is 0.857 bits per heavy atom. The summed E-state index contributed by atoms with van der Waals surface area (Å²) in [7, 11) is 0. The van der Waals surface area contributed by atoms with E-state index >= 15 is 0 Å². The topological polar surface area (TPSA) is 48.7 Å². The average Bonchev–Trinajstić information content (AvgIpc) is 2.46. The fourth-order valence-electron chi connectivity index (χ4n) is 1.98. The van der Waals surface area contributed by atoms with Crippen molar-refractivity contribution in [2.75, 3.05) is 13.2 Å². The maximum Gasteiger partial charge on any atom is 0.185 e. The van der Waals surface area contributed by atoms with Crippen LogP contribution in [0.5, 0.6) is 0 Å². The Bertz CT molecular complexity index is 390. The van der Waals surface area contributed by atoms with Gasteiger partial charge in [0.2, 0.25) is 0 Å². The van der Waals surface area contributed by atoms with Crippen molar-refractivity contribution in [3.05, 3.63) is 33.9 Å². The molecule has 0 amide bonds. The summed E-state index contributed by atoms with van der Waals surface area (Å²) in [6.45, 7) is 6.42. The Labute approximate surface area is 127 Å². The summed E-state index contributed by atoms with van der Waals surface area (Å²) >= 11 is 0. The predicted octanol–water partition coefficient (Wildman–Crippen LogP) is 4.05. The quantitative estimate of drug-likeness (QED) is 0.546. The molecule has 1 aromatic heterocycles. The summed E-state index contributed by atoms with van der Waals surface area (Å²) < 4.78 is 16.7. The highest BCUT2D eigenvalue weighted by Crippen LogP contribution is 2.07. The van der Waals surface area contributed by atoms with Gasteiger partial charge in [0.15, 0.2) is 5.43 Å². The van der Waals surface area contributed by atoms with Crippen molar-refractivity contribution in [2.45, 2.75) is 65.6 Å². The molecule has 0 saturated carbocycles.